The molecule has 0 aliphatic carbocycles. The van der Waals surface area contributed by atoms with E-state index in [1.165, 1.54) is 41.7 Å². The van der Waals surface area contributed by atoms with Gasteiger partial charge in [-0.1, -0.05) is 12.1 Å². The lowest BCUT2D eigenvalue weighted by atomic mass is 10.0. The van der Waals surface area contributed by atoms with Gasteiger partial charge in [0.1, 0.15) is 17.4 Å². The monoisotopic (exact) mass is 305 g/mol. The molecule has 0 spiro atoms. The van der Waals surface area contributed by atoms with Gasteiger partial charge in [0.2, 0.25) is 5.78 Å². The van der Waals surface area contributed by atoms with Crippen LogP contribution in [0.3, 0.4) is 0 Å². The average Bonchev–Trinajstić information content (AvgIpc) is 2.99. The lowest BCUT2D eigenvalue weighted by Crippen LogP contribution is -2.01. The molecule has 0 saturated carbocycles. The third-order valence-electron chi connectivity index (χ3n) is 2.56. The highest BCUT2D eigenvalue weighted by atomic mass is 32.1. The van der Waals surface area contributed by atoms with E-state index in [4.69, 9.17) is 5.26 Å². The molecule has 0 fully saturated rings. The Balaban J connectivity index is 2.20. The van der Waals surface area contributed by atoms with Crippen molar-refractivity contribution in [1.82, 2.24) is 0 Å². The number of Topliss-reactive ketones (excluding diaryl/α,β-unsaturated/α-hetero) is 1. The highest BCUT2D eigenvalue weighted by molar-refractivity contribution is 7.08. The maximum Gasteiger partial charge on any atom is 0.387 e. The van der Waals surface area contributed by atoms with Crippen molar-refractivity contribution in [2.24, 2.45) is 0 Å². The third-order valence-corrected chi connectivity index (χ3v) is 3.25. The van der Waals surface area contributed by atoms with E-state index in [0.29, 0.717) is 11.1 Å². The van der Waals surface area contributed by atoms with Gasteiger partial charge in [0.25, 0.3) is 0 Å². The Morgan fingerprint density at radius 1 is 1.29 bits per heavy atom. The second-order valence-corrected chi connectivity index (χ2v) is 4.74. The molecule has 1 heterocycles. The molecule has 106 valence electrons. The van der Waals surface area contributed by atoms with Crippen molar-refractivity contribution in [3.05, 3.63) is 57.8 Å². The predicted molar refractivity (Wildman–Crippen MR) is 75.3 cm³/mol. The Kier molecular flexibility index (Phi) is 4.80. The van der Waals surface area contributed by atoms with Crippen LogP contribution in [0.15, 0.2) is 46.7 Å². The molecule has 0 aliphatic rings. The van der Waals surface area contributed by atoms with E-state index in [0.717, 1.165) is 0 Å². The number of alkyl halides is 2. The van der Waals surface area contributed by atoms with Gasteiger partial charge in [0.15, 0.2) is 0 Å². The predicted octanol–water partition coefficient (Wildman–Crippen LogP) is 4.14. The van der Waals surface area contributed by atoms with E-state index in [1.807, 2.05) is 6.07 Å². The van der Waals surface area contributed by atoms with Crippen molar-refractivity contribution in [3.63, 3.8) is 0 Å². The Bertz CT molecular complexity index is 685. The largest absolute Gasteiger partial charge is 0.435 e. The number of halogens is 2. The minimum absolute atomic E-state index is 0.0177. The molecule has 2 aromatic rings. The summed E-state index contributed by atoms with van der Waals surface area (Å²) in [5, 5.41) is 12.5. The number of allylic oxidation sites excluding steroid dienone is 1. The van der Waals surface area contributed by atoms with Crippen LogP contribution in [0.4, 0.5) is 8.78 Å². The van der Waals surface area contributed by atoms with Crippen molar-refractivity contribution in [2.45, 2.75) is 6.61 Å². The Hall–Kier alpha value is -2.52. The van der Waals surface area contributed by atoms with Gasteiger partial charge in [-0.3, -0.25) is 4.79 Å². The molecule has 0 amide bonds. The number of ketones is 1. The molecule has 1 aromatic heterocycles. The highest BCUT2D eigenvalue weighted by Crippen LogP contribution is 2.18. The summed E-state index contributed by atoms with van der Waals surface area (Å²) in [7, 11) is 0. The number of benzene rings is 1. The Labute approximate surface area is 123 Å². The van der Waals surface area contributed by atoms with Gasteiger partial charge in [-0.05, 0) is 35.2 Å². The molecule has 0 N–H and O–H groups in total. The van der Waals surface area contributed by atoms with Crippen molar-refractivity contribution < 1.29 is 18.3 Å². The summed E-state index contributed by atoms with van der Waals surface area (Å²) in [6.45, 7) is -2.89. The number of hydrogen-bond donors (Lipinski definition) is 0. The van der Waals surface area contributed by atoms with Crippen molar-refractivity contribution in [1.29, 1.82) is 5.26 Å². The van der Waals surface area contributed by atoms with Crippen LogP contribution in [0, 0.1) is 11.3 Å². The lowest BCUT2D eigenvalue weighted by molar-refractivity contribution is -0.0498. The number of nitriles is 1. The van der Waals surface area contributed by atoms with Crippen LogP contribution in [-0.4, -0.2) is 12.4 Å². The fourth-order valence-corrected chi connectivity index (χ4v) is 2.25. The van der Waals surface area contributed by atoms with E-state index < -0.39 is 6.61 Å². The van der Waals surface area contributed by atoms with Crippen LogP contribution in [0.5, 0.6) is 5.75 Å². The maximum absolute atomic E-state index is 12.0. The number of carbonyl (C=O) groups excluding carboxylic acids is 1. The van der Waals surface area contributed by atoms with E-state index >= 15 is 0 Å². The normalized spacial score (nSPS) is 11.2. The first kappa shape index (κ1) is 14.9. The van der Waals surface area contributed by atoms with Gasteiger partial charge in [0, 0.05) is 10.9 Å². The smallest absolute Gasteiger partial charge is 0.387 e. The number of rotatable bonds is 5. The van der Waals surface area contributed by atoms with Crippen LogP contribution in [-0.2, 0) is 0 Å². The molecular weight excluding hydrogens is 296 g/mol. The SMILES string of the molecule is N#C/C(=C\c1ccc(OC(F)F)cc1)C(=O)c1ccsc1. The highest BCUT2D eigenvalue weighted by Gasteiger charge is 2.12. The maximum atomic E-state index is 12.0. The van der Waals surface area contributed by atoms with Gasteiger partial charge >= 0.3 is 6.61 Å². The summed E-state index contributed by atoms with van der Waals surface area (Å²) in [6.07, 6.45) is 1.41. The molecule has 0 aliphatic heterocycles. The van der Waals surface area contributed by atoms with E-state index in [9.17, 15) is 13.6 Å². The molecule has 0 radical (unpaired) electrons. The van der Waals surface area contributed by atoms with Gasteiger partial charge in [-0.25, -0.2) is 0 Å². The van der Waals surface area contributed by atoms with E-state index in [-0.39, 0.29) is 17.1 Å². The zero-order valence-electron chi connectivity index (χ0n) is 10.6. The summed E-state index contributed by atoms with van der Waals surface area (Å²) in [5.41, 5.74) is 0.984. The average molecular weight is 305 g/mol. The van der Waals surface area contributed by atoms with E-state index in [1.54, 1.807) is 16.8 Å². The van der Waals surface area contributed by atoms with Gasteiger partial charge in [-0.15, -0.1) is 0 Å². The zero-order valence-corrected chi connectivity index (χ0v) is 11.4. The summed E-state index contributed by atoms with van der Waals surface area (Å²) < 4.78 is 28.3. The van der Waals surface area contributed by atoms with Crippen LogP contribution >= 0.6 is 11.3 Å². The standard InChI is InChI=1S/C15H9F2NO2S/c16-15(17)20-13-3-1-10(2-4-13)7-12(8-18)14(19)11-5-6-21-9-11/h1-7,9,15H/b12-7+. The summed E-state index contributed by atoms with van der Waals surface area (Å²) in [6, 6.07) is 9.18. The second kappa shape index (κ2) is 6.77. The minimum atomic E-state index is -2.89. The molecule has 6 heteroatoms. The van der Waals surface area contributed by atoms with Crippen LogP contribution in [0.1, 0.15) is 15.9 Å². The molecular formula is C15H9F2NO2S. The van der Waals surface area contributed by atoms with Crippen LogP contribution in [0.2, 0.25) is 0 Å². The number of nitrogens with zero attached hydrogens (tertiary/aromatic N) is 1. The number of ether oxygens (including phenoxy) is 1. The van der Waals surface area contributed by atoms with Crippen LogP contribution in [0.25, 0.3) is 6.08 Å². The fourth-order valence-electron chi connectivity index (χ4n) is 1.61. The zero-order chi connectivity index (χ0) is 15.2. The number of carbonyl (C=O) groups is 1. The summed E-state index contributed by atoms with van der Waals surface area (Å²) in [5.74, 6) is -0.350. The molecule has 0 atom stereocenters. The van der Waals surface area contributed by atoms with Crippen molar-refractivity contribution in [3.8, 4) is 11.8 Å². The second-order valence-electron chi connectivity index (χ2n) is 3.96. The summed E-state index contributed by atoms with van der Waals surface area (Å²) in [4.78, 5) is 12.0. The first-order valence-corrected chi connectivity index (χ1v) is 6.78. The topological polar surface area (TPSA) is 50.1 Å². The fraction of sp³-hybridized carbons (Fsp3) is 0.0667. The van der Waals surface area contributed by atoms with Crippen molar-refractivity contribution >= 4 is 23.2 Å². The van der Waals surface area contributed by atoms with Crippen molar-refractivity contribution in [2.75, 3.05) is 0 Å². The Morgan fingerprint density at radius 3 is 2.52 bits per heavy atom. The molecule has 1 aromatic carbocycles. The summed E-state index contributed by atoms with van der Waals surface area (Å²) >= 11 is 1.36. The number of thiophene rings is 1. The molecule has 0 unspecified atom stereocenters. The molecule has 3 nitrogen and oxygen atoms in total. The van der Waals surface area contributed by atoms with Gasteiger partial charge in [0.05, 0.1) is 0 Å². The minimum Gasteiger partial charge on any atom is -0.435 e. The van der Waals surface area contributed by atoms with Gasteiger partial charge in [-0.2, -0.15) is 25.4 Å². The molecule has 2 rings (SSSR count). The number of hydrogen-bond acceptors (Lipinski definition) is 4. The Morgan fingerprint density at radius 2 is 2.00 bits per heavy atom. The van der Waals surface area contributed by atoms with E-state index in [2.05, 4.69) is 4.74 Å². The molecule has 0 bridgehead atoms. The molecule has 0 saturated heterocycles. The lowest BCUT2D eigenvalue weighted by Gasteiger charge is -2.04. The molecule has 21 heavy (non-hydrogen) atoms. The quantitative estimate of drug-likeness (QED) is 0.474. The first-order chi connectivity index (χ1) is 10.1. The third kappa shape index (κ3) is 3.97. The van der Waals surface area contributed by atoms with Crippen LogP contribution < -0.4 is 4.74 Å². The van der Waals surface area contributed by atoms with Gasteiger partial charge < -0.3 is 4.74 Å². The first-order valence-electron chi connectivity index (χ1n) is 5.83.